The van der Waals surface area contributed by atoms with E-state index in [1.165, 1.54) is 0 Å². The summed E-state index contributed by atoms with van der Waals surface area (Å²) in [4.78, 5) is 10.7. The Bertz CT molecular complexity index is 162. The van der Waals surface area contributed by atoms with Crippen molar-refractivity contribution in [2.75, 3.05) is 7.05 Å². The highest BCUT2D eigenvalue weighted by Gasteiger charge is 2.08. The van der Waals surface area contributed by atoms with Crippen LogP contribution in [-0.2, 0) is 4.79 Å². The first kappa shape index (κ1) is 12.8. The van der Waals surface area contributed by atoms with E-state index in [4.69, 9.17) is 0 Å². The number of carbonyl (C=O) groups is 1. The molecule has 0 heterocycles. The standard InChI is InChI=1S/C9H20N2OS/c1-7(10-9(3)12)5-6-8(2)11(4)13/h7-8,13H,5-6H2,1-4H3,(H,10,12). The molecule has 0 aliphatic rings. The molecule has 1 amide bonds. The monoisotopic (exact) mass is 204 g/mol. The van der Waals surface area contributed by atoms with E-state index < -0.39 is 0 Å². The quantitative estimate of drug-likeness (QED) is 0.665. The molecule has 0 aromatic carbocycles. The van der Waals surface area contributed by atoms with Gasteiger partial charge in [0.15, 0.2) is 0 Å². The predicted octanol–water partition coefficient (Wildman–Crippen LogP) is 1.46. The van der Waals surface area contributed by atoms with E-state index in [9.17, 15) is 4.79 Å². The van der Waals surface area contributed by atoms with Gasteiger partial charge in [0.25, 0.3) is 0 Å². The van der Waals surface area contributed by atoms with Crippen LogP contribution in [-0.4, -0.2) is 29.3 Å². The van der Waals surface area contributed by atoms with Gasteiger partial charge in [-0.2, -0.15) is 0 Å². The van der Waals surface area contributed by atoms with Gasteiger partial charge in [-0.3, -0.25) is 9.10 Å². The third-order valence-corrected chi connectivity index (χ3v) is 2.50. The van der Waals surface area contributed by atoms with Crippen molar-refractivity contribution < 1.29 is 4.79 Å². The van der Waals surface area contributed by atoms with E-state index in [0.717, 1.165) is 12.8 Å². The van der Waals surface area contributed by atoms with Crippen LogP contribution < -0.4 is 5.32 Å². The number of nitrogens with zero attached hydrogens (tertiary/aromatic N) is 1. The highest BCUT2D eigenvalue weighted by molar-refractivity contribution is 7.77. The summed E-state index contributed by atoms with van der Waals surface area (Å²) in [5.41, 5.74) is 0. The largest absolute Gasteiger partial charge is 0.354 e. The average molecular weight is 204 g/mol. The molecule has 2 unspecified atom stereocenters. The lowest BCUT2D eigenvalue weighted by atomic mass is 10.1. The Morgan fingerprint density at radius 2 is 2.00 bits per heavy atom. The van der Waals surface area contributed by atoms with Crippen LogP contribution in [0.2, 0.25) is 0 Å². The first-order valence-electron chi connectivity index (χ1n) is 4.62. The number of rotatable bonds is 5. The van der Waals surface area contributed by atoms with Crippen LogP contribution in [0.5, 0.6) is 0 Å². The fraction of sp³-hybridized carbons (Fsp3) is 0.889. The van der Waals surface area contributed by atoms with Crippen LogP contribution in [0.3, 0.4) is 0 Å². The molecule has 78 valence electrons. The van der Waals surface area contributed by atoms with Gasteiger partial charge in [-0.05, 0) is 33.7 Å². The first-order valence-corrected chi connectivity index (χ1v) is 5.02. The molecule has 0 radical (unpaired) electrons. The summed E-state index contributed by atoms with van der Waals surface area (Å²) in [6.07, 6.45) is 2.03. The fourth-order valence-electron chi connectivity index (χ4n) is 1.10. The van der Waals surface area contributed by atoms with Gasteiger partial charge in [-0.25, -0.2) is 0 Å². The van der Waals surface area contributed by atoms with Gasteiger partial charge in [-0.15, -0.1) is 0 Å². The Morgan fingerprint density at radius 1 is 1.46 bits per heavy atom. The smallest absolute Gasteiger partial charge is 0.217 e. The van der Waals surface area contributed by atoms with E-state index in [1.807, 2.05) is 18.3 Å². The topological polar surface area (TPSA) is 32.3 Å². The maximum Gasteiger partial charge on any atom is 0.217 e. The Labute approximate surface area is 86.4 Å². The van der Waals surface area contributed by atoms with Crippen LogP contribution in [0.25, 0.3) is 0 Å². The van der Waals surface area contributed by atoms with Gasteiger partial charge < -0.3 is 5.32 Å². The lowest BCUT2D eigenvalue weighted by Gasteiger charge is -2.20. The maximum absolute atomic E-state index is 10.7. The molecule has 0 aliphatic carbocycles. The van der Waals surface area contributed by atoms with Gasteiger partial charge in [0.2, 0.25) is 5.91 Å². The normalized spacial score (nSPS) is 15.5. The molecule has 0 saturated heterocycles. The lowest BCUT2D eigenvalue weighted by molar-refractivity contribution is -0.119. The summed E-state index contributed by atoms with van der Waals surface area (Å²) in [7, 11) is 1.94. The maximum atomic E-state index is 10.7. The number of hydrogen-bond donors (Lipinski definition) is 2. The Balaban J connectivity index is 3.57. The van der Waals surface area contributed by atoms with Gasteiger partial charge in [0.1, 0.15) is 0 Å². The van der Waals surface area contributed by atoms with Gasteiger partial charge in [0, 0.05) is 19.0 Å². The van der Waals surface area contributed by atoms with E-state index in [2.05, 4.69) is 25.1 Å². The SMILES string of the molecule is CC(=O)NC(C)CCC(C)N(C)S. The second-order valence-electron chi connectivity index (χ2n) is 3.60. The molecular weight excluding hydrogens is 184 g/mol. The lowest BCUT2D eigenvalue weighted by Crippen LogP contribution is -2.32. The Morgan fingerprint density at radius 3 is 2.38 bits per heavy atom. The summed E-state index contributed by atoms with van der Waals surface area (Å²) >= 11 is 4.21. The minimum atomic E-state index is 0.0411. The van der Waals surface area contributed by atoms with Gasteiger partial charge in [0.05, 0.1) is 0 Å². The number of hydrogen-bond acceptors (Lipinski definition) is 3. The van der Waals surface area contributed by atoms with Crippen molar-refractivity contribution in [3.05, 3.63) is 0 Å². The zero-order valence-corrected chi connectivity index (χ0v) is 9.77. The van der Waals surface area contributed by atoms with E-state index in [-0.39, 0.29) is 11.9 Å². The van der Waals surface area contributed by atoms with Crippen molar-refractivity contribution in [3.63, 3.8) is 0 Å². The Kier molecular flexibility index (Phi) is 6.16. The molecule has 2 atom stereocenters. The molecule has 4 heteroatoms. The molecule has 0 aromatic rings. The zero-order valence-electron chi connectivity index (χ0n) is 8.87. The summed E-state index contributed by atoms with van der Waals surface area (Å²) in [5.74, 6) is 0.0411. The number of thiol groups is 1. The van der Waals surface area contributed by atoms with E-state index >= 15 is 0 Å². The first-order chi connectivity index (χ1) is 5.93. The van der Waals surface area contributed by atoms with Gasteiger partial charge in [-0.1, -0.05) is 12.8 Å². The molecule has 0 aromatic heterocycles. The van der Waals surface area contributed by atoms with Crippen molar-refractivity contribution in [1.82, 2.24) is 9.62 Å². The minimum absolute atomic E-state index is 0.0411. The summed E-state index contributed by atoms with van der Waals surface area (Å²) in [6.45, 7) is 5.69. The number of nitrogens with one attached hydrogen (secondary N) is 1. The molecule has 0 saturated carbocycles. The van der Waals surface area contributed by atoms with Crippen LogP contribution in [0.15, 0.2) is 0 Å². The van der Waals surface area contributed by atoms with Crippen molar-refractivity contribution in [3.8, 4) is 0 Å². The van der Waals surface area contributed by atoms with E-state index in [0.29, 0.717) is 6.04 Å². The molecule has 3 nitrogen and oxygen atoms in total. The fourth-order valence-corrected chi connectivity index (χ4v) is 1.21. The summed E-state index contributed by atoms with van der Waals surface area (Å²) < 4.78 is 1.89. The number of carbonyl (C=O) groups excluding carboxylic acids is 1. The minimum Gasteiger partial charge on any atom is -0.354 e. The molecule has 0 rings (SSSR count). The highest BCUT2D eigenvalue weighted by atomic mass is 32.1. The second-order valence-corrected chi connectivity index (χ2v) is 4.23. The average Bonchev–Trinajstić information content (AvgIpc) is 1.98. The van der Waals surface area contributed by atoms with Crippen molar-refractivity contribution in [1.29, 1.82) is 0 Å². The third kappa shape index (κ3) is 6.90. The molecule has 13 heavy (non-hydrogen) atoms. The van der Waals surface area contributed by atoms with Crippen LogP contribution in [0, 0.1) is 0 Å². The summed E-state index contributed by atoms with van der Waals surface area (Å²) in [6, 6.07) is 0.702. The van der Waals surface area contributed by atoms with E-state index in [1.54, 1.807) is 6.92 Å². The van der Waals surface area contributed by atoms with Crippen molar-refractivity contribution in [2.24, 2.45) is 0 Å². The predicted molar refractivity (Wildman–Crippen MR) is 58.7 cm³/mol. The number of amides is 1. The van der Waals surface area contributed by atoms with Crippen LogP contribution >= 0.6 is 12.8 Å². The second kappa shape index (κ2) is 6.27. The molecule has 0 spiro atoms. The Hall–Kier alpha value is -0.220. The summed E-state index contributed by atoms with van der Waals surface area (Å²) in [5, 5.41) is 2.85. The highest BCUT2D eigenvalue weighted by Crippen LogP contribution is 2.07. The third-order valence-electron chi connectivity index (χ3n) is 2.11. The molecule has 0 aliphatic heterocycles. The van der Waals surface area contributed by atoms with Crippen molar-refractivity contribution >= 4 is 18.7 Å². The zero-order chi connectivity index (χ0) is 10.4. The molecule has 0 bridgehead atoms. The van der Waals surface area contributed by atoms with Crippen molar-refractivity contribution in [2.45, 2.75) is 45.7 Å². The molecule has 1 N–H and O–H groups in total. The van der Waals surface area contributed by atoms with Crippen LogP contribution in [0.1, 0.15) is 33.6 Å². The molecular formula is C9H20N2OS. The van der Waals surface area contributed by atoms with Crippen LogP contribution in [0.4, 0.5) is 0 Å². The van der Waals surface area contributed by atoms with Gasteiger partial charge >= 0.3 is 0 Å². The molecule has 0 fully saturated rings.